The van der Waals surface area contributed by atoms with E-state index in [0.29, 0.717) is 6.07 Å². The maximum Gasteiger partial charge on any atom is 0.433 e. The third-order valence-electron chi connectivity index (χ3n) is 2.11. The maximum atomic E-state index is 12.4. The van der Waals surface area contributed by atoms with Gasteiger partial charge in [-0.05, 0) is 12.1 Å². The molecule has 0 radical (unpaired) electrons. The Morgan fingerprint density at radius 3 is 2.50 bits per heavy atom. The van der Waals surface area contributed by atoms with Crippen LogP contribution in [0.1, 0.15) is 17.5 Å². The second-order valence-corrected chi connectivity index (χ2v) is 3.36. The summed E-state index contributed by atoms with van der Waals surface area (Å²) in [5, 5.41) is 18.8. The molecule has 0 fully saturated rings. The van der Waals surface area contributed by atoms with Gasteiger partial charge in [0.25, 0.3) is 0 Å². The lowest BCUT2D eigenvalue weighted by Gasteiger charge is -2.16. The molecule has 1 heterocycles. The fourth-order valence-corrected chi connectivity index (χ4v) is 1.19. The van der Waals surface area contributed by atoms with Crippen molar-refractivity contribution in [3.05, 3.63) is 29.6 Å². The minimum atomic E-state index is -4.67. The molecule has 2 unspecified atom stereocenters. The van der Waals surface area contributed by atoms with E-state index in [-0.39, 0.29) is 0 Å². The van der Waals surface area contributed by atoms with Crippen LogP contribution < -0.4 is 0 Å². The number of aliphatic hydroxyl groups excluding tert-OH is 2. The fourth-order valence-electron chi connectivity index (χ4n) is 1.19. The first-order chi connectivity index (χ1) is 8.27. The number of hydrogen-bond acceptors (Lipinski definition) is 5. The Kier molecular flexibility index (Phi) is 4.25. The molecule has 0 spiro atoms. The van der Waals surface area contributed by atoms with E-state index in [2.05, 4.69) is 9.72 Å². The summed E-state index contributed by atoms with van der Waals surface area (Å²) in [5.74, 6) is -1.17. The smallest absolute Gasteiger partial charge is 0.433 e. The number of halogens is 3. The summed E-state index contributed by atoms with van der Waals surface area (Å²) in [5.41, 5.74) is -1.70. The van der Waals surface area contributed by atoms with Crippen LogP contribution in [0.15, 0.2) is 18.2 Å². The normalized spacial score (nSPS) is 15.0. The molecule has 1 rings (SSSR count). The molecule has 5 nitrogen and oxygen atoms in total. The molecule has 0 aromatic carbocycles. The van der Waals surface area contributed by atoms with Crippen LogP contribution in [0.25, 0.3) is 0 Å². The van der Waals surface area contributed by atoms with Crippen LogP contribution in [0.4, 0.5) is 13.2 Å². The fraction of sp³-hybridized carbons (Fsp3) is 0.400. The van der Waals surface area contributed by atoms with Crippen molar-refractivity contribution in [2.75, 3.05) is 7.11 Å². The summed E-state index contributed by atoms with van der Waals surface area (Å²) in [6.07, 6.45) is -8.56. The van der Waals surface area contributed by atoms with Crippen molar-refractivity contribution in [3.8, 4) is 0 Å². The zero-order valence-electron chi connectivity index (χ0n) is 9.18. The Morgan fingerprint density at radius 2 is 2.00 bits per heavy atom. The van der Waals surface area contributed by atoms with E-state index in [0.717, 1.165) is 19.2 Å². The molecule has 18 heavy (non-hydrogen) atoms. The van der Waals surface area contributed by atoms with E-state index >= 15 is 0 Å². The highest BCUT2D eigenvalue weighted by atomic mass is 19.4. The van der Waals surface area contributed by atoms with Gasteiger partial charge in [-0.1, -0.05) is 6.07 Å². The first kappa shape index (κ1) is 14.4. The summed E-state index contributed by atoms with van der Waals surface area (Å²) < 4.78 is 41.2. The van der Waals surface area contributed by atoms with E-state index in [1.54, 1.807) is 0 Å². The van der Waals surface area contributed by atoms with E-state index in [4.69, 9.17) is 0 Å². The van der Waals surface area contributed by atoms with Gasteiger partial charge in [-0.2, -0.15) is 13.2 Å². The van der Waals surface area contributed by atoms with Gasteiger partial charge in [0.1, 0.15) is 11.8 Å². The number of carbonyl (C=O) groups is 1. The molecule has 1 aromatic heterocycles. The number of alkyl halides is 3. The molecule has 0 aliphatic heterocycles. The number of aliphatic hydroxyl groups is 2. The van der Waals surface area contributed by atoms with Gasteiger partial charge in [0, 0.05) is 0 Å². The number of aromatic nitrogens is 1. The van der Waals surface area contributed by atoms with Crippen LogP contribution in [0, 0.1) is 0 Å². The molecule has 0 aliphatic carbocycles. The number of esters is 1. The second kappa shape index (κ2) is 5.32. The lowest BCUT2D eigenvalue weighted by molar-refractivity contribution is -0.157. The number of ether oxygens (including phenoxy) is 1. The molecule has 0 amide bonds. The number of carbonyl (C=O) groups excluding carboxylic acids is 1. The van der Waals surface area contributed by atoms with E-state index in [1.807, 2.05) is 0 Å². The van der Waals surface area contributed by atoms with Gasteiger partial charge in [-0.15, -0.1) is 0 Å². The SMILES string of the molecule is COC(=O)C(O)C(O)c1cccc(C(F)(F)F)n1. The van der Waals surface area contributed by atoms with Crippen molar-refractivity contribution in [1.82, 2.24) is 4.98 Å². The summed E-state index contributed by atoms with van der Waals surface area (Å²) in [7, 11) is 0.970. The average Bonchev–Trinajstić information content (AvgIpc) is 2.35. The highest BCUT2D eigenvalue weighted by Gasteiger charge is 2.34. The Morgan fingerprint density at radius 1 is 1.39 bits per heavy atom. The molecule has 2 N–H and O–H groups in total. The number of methoxy groups -OCH3 is 1. The van der Waals surface area contributed by atoms with E-state index in [1.165, 1.54) is 0 Å². The van der Waals surface area contributed by atoms with E-state index in [9.17, 15) is 28.2 Å². The minimum absolute atomic E-state index is 0.470. The van der Waals surface area contributed by atoms with Crippen molar-refractivity contribution in [2.24, 2.45) is 0 Å². The summed E-state index contributed by atoms with van der Waals surface area (Å²) in [6, 6.07) is 2.78. The highest BCUT2D eigenvalue weighted by Crippen LogP contribution is 2.28. The van der Waals surface area contributed by atoms with Crippen molar-refractivity contribution < 1.29 is 32.9 Å². The van der Waals surface area contributed by atoms with Gasteiger partial charge in [0.15, 0.2) is 6.10 Å². The largest absolute Gasteiger partial charge is 0.467 e. The zero-order valence-corrected chi connectivity index (χ0v) is 9.18. The summed E-state index contributed by atoms with van der Waals surface area (Å²) in [6.45, 7) is 0. The summed E-state index contributed by atoms with van der Waals surface area (Å²) in [4.78, 5) is 14.1. The van der Waals surface area contributed by atoms with Gasteiger partial charge >= 0.3 is 12.1 Å². The first-order valence-electron chi connectivity index (χ1n) is 4.75. The lowest BCUT2D eigenvalue weighted by atomic mass is 10.1. The van der Waals surface area contributed by atoms with Crippen LogP contribution in [0.3, 0.4) is 0 Å². The van der Waals surface area contributed by atoms with Crippen LogP contribution >= 0.6 is 0 Å². The number of hydrogen-bond donors (Lipinski definition) is 2. The van der Waals surface area contributed by atoms with Crippen LogP contribution in [0.5, 0.6) is 0 Å². The molecule has 1 aromatic rings. The second-order valence-electron chi connectivity index (χ2n) is 3.36. The van der Waals surface area contributed by atoms with Gasteiger partial charge in [0.05, 0.1) is 12.8 Å². The zero-order chi connectivity index (χ0) is 13.9. The molecule has 0 bridgehead atoms. The molecule has 0 aliphatic rings. The van der Waals surface area contributed by atoms with Crippen LogP contribution in [-0.4, -0.2) is 34.4 Å². The third-order valence-corrected chi connectivity index (χ3v) is 2.11. The molecule has 8 heteroatoms. The lowest BCUT2D eigenvalue weighted by Crippen LogP contribution is -2.30. The Balaban J connectivity index is 3.00. The monoisotopic (exact) mass is 265 g/mol. The Labute approximate surface area is 99.8 Å². The predicted octanol–water partition coefficient (Wildman–Crippen LogP) is 0.668. The quantitative estimate of drug-likeness (QED) is 0.785. The van der Waals surface area contributed by atoms with Crippen molar-refractivity contribution in [1.29, 1.82) is 0 Å². The number of nitrogens with zero attached hydrogens (tertiary/aromatic N) is 1. The maximum absolute atomic E-state index is 12.4. The molecule has 100 valence electrons. The first-order valence-corrected chi connectivity index (χ1v) is 4.75. The van der Waals surface area contributed by atoms with Gasteiger partial charge in [0.2, 0.25) is 0 Å². The van der Waals surface area contributed by atoms with Crippen LogP contribution in [0.2, 0.25) is 0 Å². The Hall–Kier alpha value is -1.67. The minimum Gasteiger partial charge on any atom is -0.467 e. The van der Waals surface area contributed by atoms with Crippen molar-refractivity contribution in [2.45, 2.75) is 18.4 Å². The van der Waals surface area contributed by atoms with E-state index < -0.39 is 35.7 Å². The third kappa shape index (κ3) is 3.17. The molecule has 2 atom stereocenters. The molecule has 0 saturated heterocycles. The average molecular weight is 265 g/mol. The van der Waals surface area contributed by atoms with Crippen LogP contribution in [-0.2, 0) is 15.7 Å². The topological polar surface area (TPSA) is 79.7 Å². The molecule has 0 saturated carbocycles. The van der Waals surface area contributed by atoms with Gasteiger partial charge in [-0.3, -0.25) is 0 Å². The number of pyridine rings is 1. The van der Waals surface area contributed by atoms with Gasteiger partial charge < -0.3 is 14.9 Å². The molecular weight excluding hydrogens is 255 g/mol. The number of rotatable bonds is 3. The predicted molar refractivity (Wildman–Crippen MR) is 52.2 cm³/mol. The van der Waals surface area contributed by atoms with Crippen molar-refractivity contribution in [3.63, 3.8) is 0 Å². The van der Waals surface area contributed by atoms with Crippen molar-refractivity contribution >= 4 is 5.97 Å². The summed E-state index contributed by atoms with van der Waals surface area (Å²) >= 11 is 0. The Bertz CT molecular complexity index is 435. The van der Waals surface area contributed by atoms with Gasteiger partial charge in [-0.25, -0.2) is 9.78 Å². The molecular formula is C10H10F3NO4. The highest BCUT2D eigenvalue weighted by molar-refractivity contribution is 5.75. The standard InChI is InChI=1S/C10H10F3NO4/c1-18-9(17)8(16)7(15)5-3-2-4-6(14-5)10(11,12)13/h2-4,7-8,15-16H,1H3.